The molecule has 0 atom stereocenters. The van der Waals surface area contributed by atoms with Crippen molar-refractivity contribution in [1.29, 1.82) is 5.26 Å². The lowest BCUT2D eigenvalue weighted by atomic mass is 10.0. The SMILES string of the molecule is [C-]#[N+]/C(C#N)=C1\C(=C\c2nc3oc(-c4ccc([N+]#[C-])cc4)cc3o2)C(=O)c2ccccc21. The van der Waals surface area contributed by atoms with Crippen LogP contribution in [0.3, 0.4) is 0 Å². The van der Waals surface area contributed by atoms with E-state index in [2.05, 4.69) is 14.7 Å². The van der Waals surface area contributed by atoms with Crippen LogP contribution in [0.15, 0.2) is 74.7 Å². The second-order valence-electron chi connectivity index (χ2n) is 6.87. The summed E-state index contributed by atoms with van der Waals surface area (Å²) < 4.78 is 11.5. The monoisotopic (exact) mass is 414 g/mol. The second-order valence-corrected chi connectivity index (χ2v) is 6.87. The van der Waals surface area contributed by atoms with Gasteiger partial charge in [0.1, 0.15) is 5.76 Å². The number of carbonyl (C=O) groups excluding carboxylic acids is 1. The fraction of sp³-hybridized carbons (Fsp3) is 0. The Bertz CT molecular complexity index is 1560. The molecule has 32 heavy (non-hydrogen) atoms. The molecule has 1 aliphatic rings. The number of oxazole rings is 1. The number of hydrogen-bond donors (Lipinski definition) is 0. The Morgan fingerprint density at radius 1 is 1.06 bits per heavy atom. The number of hydrogen-bond acceptors (Lipinski definition) is 5. The minimum absolute atomic E-state index is 0.129. The molecule has 0 N–H and O–H groups in total. The Kier molecular flexibility index (Phi) is 4.26. The lowest BCUT2D eigenvalue weighted by molar-refractivity contribution is 0.104. The van der Waals surface area contributed by atoms with Crippen molar-refractivity contribution in [1.82, 2.24) is 4.98 Å². The molecule has 0 saturated carbocycles. The van der Waals surface area contributed by atoms with Gasteiger partial charge in [-0.3, -0.25) is 4.79 Å². The number of Topliss-reactive ketones (excluding diaryl/α,β-unsaturated/α-hetero) is 1. The first kappa shape index (κ1) is 18.8. The number of aromatic nitrogens is 1. The molecule has 0 radical (unpaired) electrons. The summed E-state index contributed by atoms with van der Waals surface area (Å²) in [5, 5.41) is 9.40. The van der Waals surface area contributed by atoms with Crippen LogP contribution in [0.25, 0.3) is 44.0 Å². The number of furan rings is 1. The van der Waals surface area contributed by atoms with Crippen LogP contribution in [0.5, 0.6) is 0 Å². The molecule has 0 bridgehead atoms. The van der Waals surface area contributed by atoms with Gasteiger partial charge in [0, 0.05) is 34.4 Å². The minimum atomic E-state index is -0.303. The van der Waals surface area contributed by atoms with Gasteiger partial charge in [0.25, 0.3) is 11.4 Å². The average molecular weight is 414 g/mol. The van der Waals surface area contributed by atoms with Crippen molar-refractivity contribution in [3.05, 3.63) is 106 Å². The number of carbonyl (C=O) groups is 1. The second kappa shape index (κ2) is 7.25. The molecular formula is C25H10N4O3. The Balaban J connectivity index is 1.58. The summed E-state index contributed by atoms with van der Waals surface area (Å²) in [6, 6.07) is 17.3. The van der Waals surface area contributed by atoms with E-state index in [9.17, 15) is 10.1 Å². The molecule has 2 heterocycles. The van der Waals surface area contributed by atoms with Crippen LogP contribution in [0.4, 0.5) is 5.69 Å². The Morgan fingerprint density at radius 2 is 1.81 bits per heavy atom. The van der Waals surface area contributed by atoms with Gasteiger partial charge in [0.05, 0.1) is 19.2 Å². The Labute approximate surface area is 181 Å². The molecule has 148 valence electrons. The zero-order chi connectivity index (χ0) is 22.2. The highest BCUT2D eigenvalue weighted by Gasteiger charge is 2.32. The maximum atomic E-state index is 13.0. The van der Waals surface area contributed by atoms with Crippen molar-refractivity contribution in [3.63, 3.8) is 0 Å². The third-order valence-electron chi connectivity index (χ3n) is 5.06. The lowest BCUT2D eigenvalue weighted by Crippen LogP contribution is -1.95. The van der Waals surface area contributed by atoms with E-state index in [-0.39, 0.29) is 34.2 Å². The Hall–Kier alpha value is -5.19. The molecule has 0 amide bonds. The summed E-state index contributed by atoms with van der Waals surface area (Å²) in [6.07, 6.45) is 1.43. The number of ketones is 1. The zero-order valence-corrected chi connectivity index (χ0v) is 16.3. The Morgan fingerprint density at radius 3 is 2.47 bits per heavy atom. The van der Waals surface area contributed by atoms with E-state index in [0.29, 0.717) is 28.2 Å². The fourth-order valence-corrected chi connectivity index (χ4v) is 3.61. The highest BCUT2D eigenvalue weighted by molar-refractivity contribution is 6.29. The molecule has 0 aliphatic heterocycles. The largest absolute Gasteiger partial charge is 0.435 e. The van der Waals surface area contributed by atoms with Gasteiger partial charge in [-0.2, -0.15) is 4.98 Å². The van der Waals surface area contributed by atoms with Crippen molar-refractivity contribution >= 4 is 34.4 Å². The summed E-state index contributed by atoms with van der Waals surface area (Å²) in [6.45, 7) is 14.4. The first-order valence-electron chi connectivity index (χ1n) is 9.39. The van der Waals surface area contributed by atoms with Crippen LogP contribution in [0, 0.1) is 24.5 Å². The van der Waals surface area contributed by atoms with Crippen molar-refractivity contribution in [3.8, 4) is 17.4 Å². The van der Waals surface area contributed by atoms with E-state index in [1.807, 2.05) is 6.07 Å². The standard InChI is InChI=1S/C25H10N4O3/c1-27-15-9-7-14(8-10-15)20-12-21-25(32-20)29-22(31-21)11-18-23(19(13-26)28-2)16-5-3-4-6-17(16)24(18)30/h3-12H/b18-11-,23-19-. The van der Waals surface area contributed by atoms with Crippen LogP contribution in [-0.4, -0.2) is 10.8 Å². The van der Waals surface area contributed by atoms with Crippen LogP contribution in [-0.2, 0) is 0 Å². The smallest absolute Gasteiger partial charge is 0.270 e. The lowest BCUT2D eigenvalue weighted by Gasteiger charge is -2.00. The maximum Gasteiger partial charge on any atom is 0.270 e. The van der Waals surface area contributed by atoms with Crippen molar-refractivity contribution in [2.75, 3.05) is 0 Å². The van der Waals surface area contributed by atoms with Crippen molar-refractivity contribution in [2.24, 2.45) is 0 Å². The molecule has 5 rings (SSSR count). The summed E-state index contributed by atoms with van der Waals surface area (Å²) in [7, 11) is 0. The van der Waals surface area contributed by atoms with E-state index in [1.54, 1.807) is 54.6 Å². The first-order chi connectivity index (χ1) is 15.6. The normalized spacial score (nSPS) is 15.3. The molecular weight excluding hydrogens is 404 g/mol. The number of allylic oxidation sites excluding steroid dienone is 3. The molecule has 7 heteroatoms. The number of nitrogens with zero attached hydrogens (tertiary/aromatic N) is 4. The van der Waals surface area contributed by atoms with Gasteiger partial charge in [-0.15, -0.1) is 0 Å². The third-order valence-corrected chi connectivity index (χ3v) is 5.06. The molecule has 0 spiro atoms. The van der Waals surface area contributed by atoms with Gasteiger partial charge >= 0.3 is 0 Å². The van der Waals surface area contributed by atoms with Crippen molar-refractivity contribution in [2.45, 2.75) is 0 Å². The van der Waals surface area contributed by atoms with E-state index < -0.39 is 0 Å². The molecule has 0 unspecified atom stereocenters. The van der Waals surface area contributed by atoms with Crippen LogP contribution in [0.2, 0.25) is 0 Å². The fourth-order valence-electron chi connectivity index (χ4n) is 3.61. The molecule has 0 saturated heterocycles. The zero-order valence-electron chi connectivity index (χ0n) is 16.3. The topological polar surface area (TPSA) is 88.8 Å². The summed E-state index contributed by atoms with van der Waals surface area (Å²) in [5.74, 6) is 0.360. The van der Waals surface area contributed by atoms with Gasteiger partial charge in [0.15, 0.2) is 17.1 Å². The van der Waals surface area contributed by atoms with E-state index in [1.165, 1.54) is 6.08 Å². The molecule has 0 fully saturated rings. The highest BCUT2D eigenvalue weighted by Crippen LogP contribution is 2.40. The van der Waals surface area contributed by atoms with E-state index >= 15 is 0 Å². The van der Waals surface area contributed by atoms with Gasteiger partial charge < -0.3 is 8.83 Å². The number of nitriles is 1. The van der Waals surface area contributed by atoms with Crippen LogP contribution >= 0.6 is 0 Å². The van der Waals surface area contributed by atoms with Crippen LogP contribution < -0.4 is 0 Å². The molecule has 2 aromatic carbocycles. The van der Waals surface area contributed by atoms with Gasteiger partial charge in [-0.25, -0.2) is 15.0 Å². The number of fused-ring (bicyclic) bond motifs is 2. The number of rotatable bonds is 2. The predicted molar refractivity (Wildman–Crippen MR) is 116 cm³/mol. The summed E-state index contributed by atoms with van der Waals surface area (Å²) in [4.78, 5) is 23.9. The summed E-state index contributed by atoms with van der Waals surface area (Å²) >= 11 is 0. The van der Waals surface area contributed by atoms with E-state index in [0.717, 1.165) is 5.56 Å². The minimum Gasteiger partial charge on any atom is -0.435 e. The molecule has 2 aromatic heterocycles. The van der Waals surface area contributed by atoms with Gasteiger partial charge in [0.2, 0.25) is 5.89 Å². The highest BCUT2D eigenvalue weighted by atomic mass is 16.4. The first-order valence-corrected chi connectivity index (χ1v) is 9.39. The van der Waals surface area contributed by atoms with Crippen LogP contribution in [0.1, 0.15) is 21.8 Å². The maximum absolute atomic E-state index is 13.0. The predicted octanol–water partition coefficient (Wildman–Crippen LogP) is 6.07. The number of benzene rings is 2. The average Bonchev–Trinajstić information content (AvgIpc) is 3.47. The van der Waals surface area contributed by atoms with E-state index in [4.69, 9.17) is 22.0 Å². The molecule has 4 aromatic rings. The van der Waals surface area contributed by atoms with Crippen molar-refractivity contribution < 1.29 is 13.6 Å². The summed E-state index contributed by atoms with van der Waals surface area (Å²) in [5.41, 5.74) is 3.18. The van der Waals surface area contributed by atoms with Gasteiger partial charge in [-0.05, 0) is 5.56 Å². The molecule has 7 nitrogen and oxygen atoms in total. The molecule has 1 aliphatic carbocycles. The third kappa shape index (κ3) is 2.89. The quantitative estimate of drug-likeness (QED) is 0.226. The van der Waals surface area contributed by atoms with Gasteiger partial charge in [-0.1, -0.05) is 48.5 Å².